The first-order chi connectivity index (χ1) is 15.5. The molecule has 0 bridgehead atoms. The molecule has 1 aliphatic heterocycles. The van der Waals surface area contributed by atoms with Crippen LogP contribution in [0.3, 0.4) is 0 Å². The third-order valence-corrected chi connectivity index (χ3v) is 5.91. The first-order valence-electron chi connectivity index (χ1n) is 10.1. The summed E-state index contributed by atoms with van der Waals surface area (Å²) in [5.74, 6) is 0.373. The highest BCUT2D eigenvalue weighted by Crippen LogP contribution is 2.33. The van der Waals surface area contributed by atoms with Crippen molar-refractivity contribution in [3.05, 3.63) is 106 Å². The number of aryl methyl sites for hydroxylation is 1. The molecule has 1 heterocycles. The van der Waals surface area contributed by atoms with E-state index in [4.69, 9.17) is 4.74 Å². The second kappa shape index (κ2) is 9.54. The van der Waals surface area contributed by atoms with Crippen LogP contribution in [0.5, 0.6) is 5.75 Å². The number of nitriles is 1. The minimum absolute atomic E-state index is 0.265. The summed E-state index contributed by atoms with van der Waals surface area (Å²) < 4.78 is 5.78. The lowest BCUT2D eigenvalue weighted by Gasteiger charge is -2.12. The molecule has 0 atom stereocenters. The van der Waals surface area contributed by atoms with Crippen LogP contribution in [0.4, 0.5) is 4.79 Å². The molecule has 1 saturated heterocycles. The molecule has 158 valence electrons. The van der Waals surface area contributed by atoms with E-state index in [1.54, 1.807) is 24.3 Å². The number of carbonyl (C=O) groups excluding carboxylic acids is 2. The van der Waals surface area contributed by atoms with E-state index in [0.29, 0.717) is 22.8 Å². The molecular weight excluding hydrogens is 420 g/mol. The van der Waals surface area contributed by atoms with Crippen LogP contribution in [0.2, 0.25) is 0 Å². The normalized spacial score (nSPS) is 14.6. The first kappa shape index (κ1) is 21.4. The number of hydrogen-bond acceptors (Lipinski definition) is 5. The zero-order valence-electron chi connectivity index (χ0n) is 17.4. The SMILES string of the molecule is Cc1cccc(CN2C(=O)S/C(=C\c3ccc(OCc4ccccc4C#N)cc3)C2=O)c1. The van der Waals surface area contributed by atoms with Crippen molar-refractivity contribution in [1.82, 2.24) is 4.90 Å². The van der Waals surface area contributed by atoms with Crippen LogP contribution in [0.25, 0.3) is 6.08 Å². The molecule has 0 unspecified atom stereocenters. The van der Waals surface area contributed by atoms with Gasteiger partial charge < -0.3 is 4.74 Å². The molecule has 5 nitrogen and oxygen atoms in total. The highest BCUT2D eigenvalue weighted by molar-refractivity contribution is 8.18. The van der Waals surface area contributed by atoms with Crippen molar-refractivity contribution in [2.45, 2.75) is 20.1 Å². The lowest BCUT2D eigenvalue weighted by Crippen LogP contribution is -2.27. The molecule has 3 aromatic rings. The number of nitrogens with zero attached hydrogens (tertiary/aromatic N) is 2. The van der Waals surface area contributed by atoms with Gasteiger partial charge in [-0.05, 0) is 54.1 Å². The summed E-state index contributed by atoms with van der Waals surface area (Å²) in [5.41, 5.74) is 4.22. The van der Waals surface area contributed by atoms with Gasteiger partial charge in [-0.1, -0.05) is 60.2 Å². The Morgan fingerprint density at radius 2 is 1.81 bits per heavy atom. The summed E-state index contributed by atoms with van der Waals surface area (Å²) in [6.07, 6.45) is 1.72. The van der Waals surface area contributed by atoms with Gasteiger partial charge in [-0.15, -0.1) is 0 Å². The van der Waals surface area contributed by atoms with Crippen molar-refractivity contribution in [3.8, 4) is 11.8 Å². The summed E-state index contributed by atoms with van der Waals surface area (Å²) in [5, 5.41) is 8.91. The summed E-state index contributed by atoms with van der Waals surface area (Å²) in [7, 11) is 0. The molecule has 1 aliphatic rings. The van der Waals surface area contributed by atoms with Gasteiger partial charge >= 0.3 is 0 Å². The standard InChI is InChI=1S/C26H20N2O3S/c1-18-5-4-6-20(13-18)16-28-25(29)24(32-26(28)30)14-19-9-11-23(12-10-19)31-17-22-8-3-2-7-21(22)15-27/h2-14H,16-17H2,1H3/b24-14-. The van der Waals surface area contributed by atoms with Gasteiger partial charge in [-0.2, -0.15) is 5.26 Å². The number of ether oxygens (including phenoxy) is 1. The Kier molecular flexibility index (Phi) is 6.39. The minimum atomic E-state index is -0.282. The number of imide groups is 1. The van der Waals surface area contributed by atoms with Gasteiger partial charge in [-0.3, -0.25) is 14.5 Å². The van der Waals surface area contributed by atoms with Crippen molar-refractivity contribution in [2.24, 2.45) is 0 Å². The van der Waals surface area contributed by atoms with Crippen LogP contribution in [0.15, 0.2) is 77.7 Å². The summed E-state index contributed by atoms with van der Waals surface area (Å²) in [6.45, 7) is 2.54. The van der Waals surface area contributed by atoms with Gasteiger partial charge in [0.15, 0.2) is 0 Å². The van der Waals surface area contributed by atoms with Gasteiger partial charge in [0, 0.05) is 5.56 Å². The Labute approximate surface area is 190 Å². The predicted octanol–water partition coefficient (Wildman–Crippen LogP) is 5.68. The van der Waals surface area contributed by atoms with E-state index in [1.807, 2.05) is 61.5 Å². The van der Waals surface area contributed by atoms with Crippen molar-refractivity contribution in [3.63, 3.8) is 0 Å². The fourth-order valence-corrected chi connectivity index (χ4v) is 4.20. The maximum absolute atomic E-state index is 12.8. The Hall–Kier alpha value is -3.82. The van der Waals surface area contributed by atoms with Gasteiger partial charge in [0.1, 0.15) is 12.4 Å². The quantitative estimate of drug-likeness (QED) is 0.461. The zero-order valence-corrected chi connectivity index (χ0v) is 18.3. The minimum Gasteiger partial charge on any atom is -0.489 e. The molecular formula is C26H20N2O3S. The second-order valence-electron chi connectivity index (χ2n) is 7.38. The number of carbonyl (C=O) groups is 2. The average molecular weight is 441 g/mol. The summed E-state index contributed by atoms with van der Waals surface area (Å²) >= 11 is 0.953. The molecule has 0 N–H and O–H groups in total. The monoisotopic (exact) mass is 440 g/mol. The maximum atomic E-state index is 12.8. The van der Waals surface area contributed by atoms with Crippen LogP contribution in [0, 0.1) is 18.3 Å². The lowest BCUT2D eigenvalue weighted by molar-refractivity contribution is -0.123. The Morgan fingerprint density at radius 1 is 1.03 bits per heavy atom. The van der Waals surface area contributed by atoms with E-state index in [0.717, 1.165) is 34.0 Å². The summed E-state index contributed by atoms with van der Waals surface area (Å²) in [4.78, 5) is 26.8. The van der Waals surface area contributed by atoms with Crippen molar-refractivity contribution < 1.29 is 14.3 Å². The Morgan fingerprint density at radius 3 is 2.56 bits per heavy atom. The molecule has 32 heavy (non-hydrogen) atoms. The first-order valence-corrected chi connectivity index (χ1v) is 10.9. The molecule has 0 aliphatic carbocycles. The van der Waals surface area contributed by atoms with Crippen LogP contribution >= 0.6 is 11.8 Å². The third kappa shape index (κ3) is 4.90. The maximum Gasteiger partial charge on any atom is 0.293 e. The molecule has 0 spiro atoms. The number of thioether (sulfide) groups is 1. The molecule has 4 rings (SSSR count). The smallest absolute Gasteiger partial charge is 0.293 e. The highest BCUT2D eigenvalue weighted by atomic mass is 32.2. The molecule has 3 aromatic carbocycles. The van der Waals surface area contributed by atoms with Gasteiger partial charge in [0.25, 0.3) is 11.1 Å². The van der Waals surface area contributed by atoms with E-state index in [1.165, 1.54) is 4.90 Å². The second-order valence-corrected chi connectivity index (χ2v) is 8.38. The predicted molar refractivity (Wildman–Crippen MR) is 125 cm³/mol. The molecule has 0 saturated carbocycles. The van der Waals surface area contributed by atoms with E-state index in [9.17, 15) is 14.9 Å². The average Bonchev–Trinajstić information content (AvgIpc) is 3.06. The van der Waals surface area contributed by atoms with Crippen LogP contribution < -0.4 is 4.74 Å². The number of amides is 2. The molecule has 1 fully saturated rings. The van der Waals surface area contributed by atoms with Crippen LogP contribution in [-0.4, -0.2) is 16.0 Å². The number of hydrogen-bond donors (Lipinski definition) is 0. The number of benzene rings is 3. The molecule has 0 aromatic heterocycles. The van der Waals surface area contributed by atoms with Gasteiger partial charge in [-0.25, -0.2) is 0 Å². The van der Waals surface area contributed by atoms with E-state index in [2.05, 4.69) is 6.07 Å². The van der Waals surface area contributed by atoms with Crippen LogP contribution in [0.1, 0.15) is 27.8 Å². The van der Waals surface area contributed by atoms with E-state index >= 15 is 0 Å². The Bertz CT molecular complexity index is 1240. The fourth-order valence-electron chi connectivity index (χ4n) is 3.36. The number of rotatable bonds is 6. The topological polar surface area (TPSA) is 70.4 Å². The van der Waals surface area contributed by atoms with Crippen molar-refractivity contribution in [1.29, 1.82) is 5.26 Å². The highest BCUT2D eigenvalue weighted by Gasteiger charge is 2.34. The van der Waals surface area contributed by atoms with Crippen molar-refractivity contribution >= 4 is 29.0 Å². The largest absolute Gasteiger partial charge is 0.489 e. The van der Waals surface area contributed by atoms with Crippen molar-refractivity contribution in [2.75, 3.05) is 0 Å². The molecule has 6 heteroatoms. The van der Waals surface area contributed by atoms with Crippen LogP contribution in [-0.2, 0) is 17.9 Å². The summed E-state index contributed by atoms with van der Waals surface area (Å²) in [6, 6.07) is 24.5. The zero-order chi connectivity index (χ0) is 22.5. The molecule has 0 radical (unpaired) electrons. The third-order valence-electron chi connectivity index (χ3n) is 5.01. The van der Waals surface area contributed by atoms with E-state index < -0.39 is 0 Å². The van der Waals surface area contributed by atoms with Gasteiger partial charge in [0.2, 0.25) is 0 Å². The fraction of sp³-hybridized carbons (Fsp3) is 0.115. The van der Waals surface area contributed by atoms with Gasteiger partial charge in [0.05, 0.1) is 23.1 Å². The lowest BCUT2D eigenvalue weighted by atomic mass is 10.1. The Balaban J connectivity index is 1.42. The van der Waals surface area contributed by atoms with E-state index in [-0.39, 0.29) is 17.7 Å². The molecule has 2 amide bonds.